The lowest BCUT2D eigenvalue weighted by Gasteiger charge is -2.45. The lowest BCUT2D eigenvalue weighted by molar-refractivity contribution is -0.0721. The maximum Gasteiger partial charge on any atom is 0.0679 e. The molecule has 1 rings (SSSR count). The molecule has 0 spiro atoms. The molecule has 1 aliphatic carbocycles. The fourth-order valence-electron chi connectivity index (χ4n) is 2.51. The minimum Gasteiger partial charge on any atom is -0.390 e. The Labute approximate surface area is 107 Å². The molecule has 0 heterocycles. The fourth-order valence-corrected chi connectivity index (χ4v) is 2.51. The van der Waals surface area contributed by atoms with Crippen molar-refractivity contribution in [3.8, 4) is 0 Å². The third-order valence-electron chi connectivity index (χ3n) is 4.46. The smallest absolute Gasteiger partial charge is 0.0679 e. The standard InChI is InChI=1S/C16H28O/c1-13(2)7-6-10-16(5,17)15(4)11-8-14(3)9-12-15/h7-8,17H,6,9-12H2,1-5H3/t15-,16?/m1/s1. The Balaban J connectivity index is 2.66. The number of aliphatic hydroxyl groups is 1. The number of allylic oxidation sites excluding steroid dienone is 4. The lowest BCUT2D eigenvalue weighted by atomic mass is 9.64. The molecular formula is C16H28O. The van der Waals surface area contributed by atoms with Crippen LogP contribution in [0.3, 0.4) is 0 Å². The van der Waals surface area contributed by atoms with Crippen LogP contribution in [0.2, 0.25) is 0 Å². The van der Waals surface area contributed by atoms with Gasteiger partial charge in [-0.2, -0.15) is 0 Å². The summed E-state index contributed by atoms with van der Waals surface area (Å²) in [6.45, 7) is 10.7. The first kappa shape index (κ1) is 14.5. The van der Waals surface area contributed by atoms with E-state index < -0.39 is 5.60 Å². The van der Waals surface area contributed by atoms with E-state index in [1.807, 2.05) is 6.92 Å². The largest absolute Gasteiger partial charge is 0.390 e. The molecule has 1 heteroatoms. The van der Waals surface area contributed by atoms with Crippen molar-refractivity contribution in [3.05, 3.63) is 23.3 Å². The van der Waals surface area contributed by atoms with E-state index in [1.54, 1.807) is 0 Å². The highest BCUT2D eigenvalue weighted by atomic mass is 16.3. The van der Waals surface area contributed by atoms with Crippen molar-refractivity contribution >= 4 is 0 Å². The van der Waals surface area contributed by atoms with Crippen LogP contribution in [0.4, 0.5) is 0 Å². The van der Waals surface area contributed by atoms with E-state index in [1.165, 1.54) is 11.1 Å². The molecule has 0 aromatic rings. The van der Waals surface area contributed by atoms with Crippen molar-refractivity contribution in [1.82, 2.24) is 0 Å². The summed E-state index contributed by atoms with van der Waals surface area (Å²) >= 11 is 0. The van der Waals surface area contributed by atoms with Crippen LogP contribution in [0.1, 0.15) is 66.7 Å². The molecule has 0 bridgehead atoms. The van der Waals surface area contributed by atoms with Gasteiger partial charge in [-0.15, -0.1) is 0 Å². The summed E-state index contributed by atoms with van der Waals surface area (Å²) in [5, 5.41) is 10.7. The molecular weight excluding hydrogens is 208 g/mol. The molecule has 98 valence electrons. The minimum absolute atomic E-state index is 0.0436. The molecule has 2 atom stereocenters. The van der Waals surface area contributed by atoms with Crippen LogP contribution in [0.25, 0.3) is 0 Å². The lowest BCUT2D eigenvalue weighted by Crippen LogP contribution is -2.44. The molecule has 1 unspecified atom stereocenters. The molecule has 0 aliphatic heterocycles. The van der Waals surface area contributed by atoms with Crippen molar-refractivity contribution in [2.45, 2.75) is 72.3 Å². The average Bonchev–Trinajstić information content (AvgIpc) is 2.21. The molecule has 0 fully saturated rings. The summed E-state index contributed by atoms with van der Waals surface area (Å²) in [4.78, 5) is 0. The van der Waals surface area contributed by atoms with Crippen molar-refractivity contribution < 1.29 is 5.11 Å². The van der Waals surface area contributed by atoms with Gasteiger partial charge in [0.05, 0.1) is 5.60 Å². The van der Waals surface area contributed by atoms with E-state index in [-0.39, 0.29) is 5.41 Å². The van der Waals surface area contributed by atoms with Gasteiger partial charge in [0.25, 0.3) is 0 Å². The Morgan fingerprint density at radius 3 is 2.65 bits per heavy atom. The Morgan fingerprint density at radius 1 is 1.53 bits per heavy atom. The third kappa shape index (κ3) is 3.70. The normalized spacial score (nSPS) is 28.2. The monoisotopic (exact) mass is 236 g/mol. The second kappa shape index (κ2) is 5.39. The average molecular weight is 236 g/mol. The van der Waals surface area contributed by atoms with Gasteiger partial charge in [0.2, 0.25) is 0 Å². The Morgan fingerprint density at radius 2 is 2.18 bits per heavy atom. The van der Waals surface area contributed by atoms with Crippen LogP contribution < -0.4 is 0 Å². The molecule has 0 saturated carbocycles. The van der Waals surface area contributed by atoms with E-state index in [0.717, 1.165) is 32.1 Å². The maximum absolute atomic E-state index is 10.7. The summed E-state index contributed by atoms with van der Waals surface area (Å²) in [5.41, 5.74) is 2.30. The fraction of sp³-hybridized carbons (Fsp3) is 0.750. The van der Waals surface area contributed by atoms with Crippen molar-refractivity contribution in [1.29, 1.82) is 0 Å². The Kier molecular flexibility index (Phi) is 4.60. The zero-order chi connectivity index (χ0) is 13.1. The van der Waals surface area contributed by atoms with Gasteiger partial charge in [-0.05, 0) is 65.2 Å². The predicted octanol–water partition coefficient (Wildman–Crippen LogP) is 4.62. The highest BCUT2D eigenvalue weighted by Crippen LogP contribution is 2.45. The second-order valence-corrected chi connectivity index (χ2v) is 6.41. The summed E-state index contributed by atoms with van der Waals surface area (Å²) in [5.74, 6) is 0. The summed E-state index contributed by atoms with van der Waals surface area (Å²) < 4.78 is 0. The molecule has 0 aromatic heterocycles. The van der Waals surface area contributed by atoms with Crippen LogP contribution in [0.15, 0.2) is 23.3 Å². The van der Waals surface area contributed by atoms with Crippen LogP contribution >= 0.6 is 0 Å². The highest BCUT2D eigenvalue weighted by molar-refractivity contribution is 5.10. The van der Waals surface area contributed by atoms with Gasteiger partial charge in [0, 0.05) is 0 Å². The highest BCUT2D eigenvalue weighted by Gasteiger charge is 2.42. The second-order valence-electron chi connectivity index (χ2n) is 6.41. The van der Waals surface area contributed by atoms with Crippen molar-refractivity contribution in [2.75, 3.05) is 0 Å². The van der Waals surface area contributed by atoms with Gasteiger partial charge in [-0.25, -0.2) is 0 Å². The van der Waals surface area contributed by atoms with Gasteiger partial charge < -0.3 is 5.11 Å². The van der Waals surface area contributed by atoms with Crippen molar-refractivity contribution in [3.63, 3.8) is 0 Å². The van der Waals surface area contributed by atoms with E-state index in [4.69, 9.17) is 0 Å². The molecule has 1 N–H and O–H groups in total. The van der Waals surface area contributed by atoms with E-state index in [9.17, 15) is 5.11 Å². The first-order valence-electron chi connectivity index (χ1n) is 6.78. The molecule has 0 aromatic carbocycles. The number of rotatable bonds is 4. The van der Waals surface area contributed by atoms with E-state index in [0.29, 0.717) is 0 Å². The summed E-state index contributed by atoms with van der Waals surface area (Å²) in [7, 11) is 0. The van der Waals surface area contributed by atoms with Crippen LogP contribution in [0, 0.1) is 5.41 Å². The van der Waals surface area contributed by atoms with Gasteiger partial charge in [-0.1, -0.05) is 30.2 Å². The third-order valence-corrected chi connectivity index (χ3v) is 4.46. The topological polar surface area (TPSA) is 20.2 Å². The van der Waals surface area contributed by atoms with Crippen LogP contribution in [-0.4, -0.2) is 10.7 Å². The van der Waals surface area contributed by atoms with E-state index in [2.05, 4.69) is 39.8 Å². The molecule has 0 radical (unpaired) electrons. The van der Waals surface area contributed by atoms with Gasteiger partial charge >= 0.3 is 0 Å². The van der Waals surface area contributed by atoms with E-state index >= 15 is 0 Å². The molecule has 1 aliphatic rings. The maximum atomic E-state index is 10.7. The quantitative estimate of drug-likeness (QED) is 0.706. The molecule has 17 heavy (non-hydrogen) atoms. The van der Waals surface area contributed by atoms with Gasteiger partial charge in [-0.3, -0.25) is 0 Å². The van der Waals surface area contributed by atoms with Crippen LogP contribution in [-0.2, 0) is 0 Å². The minimum atomic E-state index is -0.559. The Hall–Kier alpha value is -0.560. The van der Waals surface area contributed by atoms with Gasteiger partial charge in [0.1, 0.15) is 0 Å². The predicted molar refractivity (Wildman–Crippen MR) is 75.0 cm³/mol. The Bertz CT molecular complexity index is 318. The molecule has 0 amide bonds. The molecule has 0 saturated heterocycles. The van der Waals surface area contributed by atoms with Gasteiger partial charge in [0.15, 0.2) is 0 Å². The SMILES string of the molecule is CC(C)=CCCC(C)(O)[C@]1(C)CC=C(C)CC1. The first-order valence-corrected chi connectivity index (χ1v) is 6.78. The summed E-state index contributed by atoms with van der Waals surface area (Å²) in [6.07, 6.45) is 9.63. The van der Waals surface area contributed by atoms with Crippen LogP contribution in [0.5, 0.6) is 0 Å². The first-order chi connectivity index (χ1) is 7.77. The zero-order valence-corrected chi connectivity index (χ0v) is 12.1. The summed E-state index contributed by atoms with van der Waals surface area (Å²) in [6, 6.07) is 0. The molecule has 1 nitrogen and oxygen atoms in total. The number of hydrogen-bond donors (Lipinski definition) is 1. The number of hydrogen-bond acceptors (Lipinski definition) is 1. The van der Waals surface area contributed by atoms with Crippen molar-refractivity contribution in [2.24, 2.45) is 5.41 Å². The zero-order valence-electron chi connectivity index (χ0n) is 12.1.